The van der Waals surface area contributed by atoms with Gasteiger partial charge < -0.3 is 14.2 Å². The maximum absolute atomic E-state index is 12.7. The number of rotatable bonds is 47. The zero-order chi connectivity index (χ0) is 44.2. The van der Waals surface area contributed by atoms with E-state index in [9.17, 15) is 14.4 Å². The largest absolute Gasteiger partial charge is 0.462 e. The molecule has 0 N–H and O–H groups in total. The van der Waals surface area contributed by atoms with Crippen molar-refractivity contribution in [3.8, 4) is 0 Å². The third-order valence-corrected chi connectivity index (χ3v) is 12.5. The molecule has 0 aromatic heterocycles. The van der Waals surface area contributed by atoms with Gasteiger partial charge >= 0.3 is 17.9 Å². The van der Waals surface area contributed by atoms with Crippen molar-refractivity contribution >= 4 is 17.9 Å². The Hall–Kier alpha value is -1.59. The van der Waals surface area contributed by atoms with E-state index in [1.165, 1.54) is 173 Å². The first-order chi connectivity index (χ1) is 29.1. The third-order valence-electron chi connectivity index (χ3n) is 12.5. The molecule has 0 radical (unpaired) electrons. The molecule has 0 fully saturated rings. The van der Waals surface area contributed by atoms with E-state index < -0.39 is 6.10 Å². The molecule has 0 aromatic rings. The summed E-state index contributed by atoms with van der Waals surface area (Å²) in [7, 11) is 0. The van der Waals surface area contributed by atoms with Crippen molar-refractivity contribution in [2.75, 3.05) is 13.2 Å². The summed E-state index contributed by atoms with van der Waals surface area (Å²) in [6.07, 6.45) is 45.4. The molecule has 0 saturated carbocycles. The summed E-state index contributed by atoms with van der Waals surface area (Å²) in [5.74, 6) is 1.61. The van der Waals surface area contributed by atoms with Gasteiger partial charge in [0.1, 0.15) is 13.2 Å². The molecule has 0 aliphatic heterocycles. The van der Waals surface area contributed by atoms with Crippen molar-refractivity contribution in [3.63, 3.8) is 0 Å². The van der Waals surface area contributed by atoms with Crippen LogP contribution in [0.2, 0.25) is 0 Å². The lowest BCUT2D eigenvalue weighted by atomic mass is 10.00. The van der Waals surface area contributed by atoms with Crippen molar-refractivity contribution in [1.29, 1.82) is 0 Å². The van der Waals surface area contributed by atoms with Crippen LogP contribution >= 0.6 is 0 Å². The molecular formula is C54H104O6. The fourth-order valence-corrected chi connectivity index (χ4v) is 8.08. The van der Waals surface area contributed by atoms with Gasteiger partial charge in [-0.25, -0.2) is 0 Å². The molecule has 0 amide bonds. The topological polar surface area (TPSA) is 78.9 Å². The van der Waals surface area contributed by atoms with Crippen LogP contribution in [0.1, 0.15) is 292 Å². The van der Waals surface area contributed by atoms with Gasteiger partial charge in [-0.05, 0) is 37.0 Å². The van der Waals surface area contributed by atoms with Crippen molar-refractivity contribution in [2.45, 2.75) is 298 Å². The van der Waals surface area contributed by atoms with Crippen LogP contribution in [-0.4, -0.2) is 37.2 Å². The van der Waals surface area contributed by atoms with Crippen LogP contribution in [-0.2, 0) is 28.6 Å². The molecular weight excluding hydrogens is 745 g/mol. The molecule has 0 aromatic carbocycles. The van der Waals surface area contributed by atoms with Gasteiger partial charge in [0, 0.05) is 19.3 Å². The van der Waals surface area contributed by atoms with E-state index in [1.807, 2.05) is 0 Å². The van der Waals surface area contributed by atoms with E-state index in [1.54, 1.807) is 0 Å². The van der Waals surface area contributed by atoms with Crippen LogP contribution in [0.5, 0.6) is 0 Å². The van der Waals surface area contributed by atoms with E-state index in [4.69, 9.17) is 14.2 Å². The normalized spacial score (nSPS) is 12.6. The first kappa shape index (κ1) is 58.4. The Kier molecular flexibility index (Phi) is 44.2. The Labute approximate surface area is 374 Å². The Morgan fingerprint density at radius 3 is 0.867 bits per heavy atom. The molecule has 0 aliphatic rings. The van der Waals surface area contributed by atoms with Crippen molar-refractivity contribution in [3.05, 3.63) is 0 Å². The SMILES string of the molecule is CCC(C)CCCCCCCCC(=O)OC[C@@H](COC(=O)CCCCCCCCCCCCCCCCCCCCC(C)C)OC(=O)CCCCCCCCCCC(C)C. The predicted octanol–water partition coefficient (Wildman–Crippen LogP) is 17.2. The Bertz CT molecular complexity index is 931. The Balaban J connectivity index is 4.19. The molecule has 6 nitrogen and oxygen atoms in total. The zero-order valence-electron chi connectivity index (χ0n) is 41.3. The second-order valence-corrected chi connectivity index (χ2v) is 19.7. The molecule has 6 heteroatoms. The van der Waals surface area contributed by atoms with Gasteiger partial charge in [-0.2, -0.15) is 0 Å². The van der Waals surface area contributed by atoms with Crippen LogP contribution in [0.15, 0.2) is 0 Å². The first-order valence-corrected chi connectivity index (χ1v) is 26.6. The highest BCUT2D eigenvalue weighted by atomic mass is 16.6. The summed E-state index contributed by atoms with van der Waals surface area (Å²) < 4.78 is 16.8. The van der Waals surface area contributed by atoms with Gasteiger partial charge in [-0.3, -0.25) is 14.4 Å². The summed E-state index contributed by atoms with van der Waals surface area (Å²) in [6.45, 7) is 13.7. The maximum Gasteiger partial charge on any atom is 0.306 e. The van der Waals surface area contributed by atoms with Crippen LogP contribution in [0.25, 0.3) is 0 Å². The number of hydrogen-bond acceptors (Lipinski definition) is 6. The number of unbranched alkanes of at least 4 members (excludes halogenated alkanes) is 29. The number of ether oxygens (including phenoxy) is 3. The Morgan fingerprint density at radius 1 is 0.333 bits per heavy atom. The smallest absolute Gasteiger partial charge is 0.306 e. The predicted molar refractivity (Wildman–Crippen MR) is 256 cm³/mol. The van der Waals surface area contributed by atoms with Gasteiger partial charge in [0.2, 0.25) is 0 Å². The van der Waals surface area contributed by atoms with E-state index >= 15 is 0 Å². The number of carbonyl (C=O) groups excluding carboxylic acids is 3. The fraction of sp³-hybridized carbons (Fsp3) is 0.944. The lowest BCUT2D eigenvalue weighted by molar-refractivity contribution is -0.167. The third kappa shape index (κ3) is 45.9. The summed E-state index contributed by atoms with van der Waals surface area (Å²) in [5.41, 5.74) is 0. The molecule has 60 heavy (non-hydrogen) atoms. The van der Waals surface area contributed by atoms with Crippen molar-refractivity contribution in [1.82, 2.24) is 0 Å². The molecule has 0 aliphatic carbocycles. The van der Waals surface area contributed by atoms with E-state index in [0.29, 0.717) is 19.3 Å². The minimum Gasteiger partial charge on any atom is -0.462 e. The molecule has 1 unspecified atom stereocenters. The number of esters is 3. The average Bonchev–Trinajstić information content (AvgIpc) is 3.22. The number of carbonyl (C=O) groups is 3. The molecule has 0 saturated heterocycles. The highest BCUT2D eigenvalue weighted by Gasteiger charge is 2.19. The lowest BCUT2D eigenvalue weighted by Crippen LogP contribution is -2.30. The van der Waals surface area contributed by atoms with Crippen LogP contribution < -0.4 is 0 Å². The molecule has 0 heterocycles. The first-order valence-electron chi connectivity index (χ1n) is 26.6. The second kappa shape index (κ2) is 45.4. The molecule has 2 atom stereocenters. The zero-order valence-corrected chi connectivity index (χ0v) is 41.3. The summed E-state index contributed by atoms with van der Waals surface area (Å²) in [6, 6.07) is 0. The van der Waals surface area contributed by atoms with E-state index in [2.05, 4.69) is 41.5 Å². The second-order valence-electron chi connectivity index (χ2n) is 19.7. The molecule has 0 rings (SSSR count). The van der Waals surface area contributed by atoms with Gasteiger partial charge in [0.05, 0.1) is 0 Å². The quantitative estimate of drug-likeness (QED) is 0.0345. The summed E-state index contributed by atoms with van der Waals surface area (Å²) in [4.78, 5) is 37.9. The van der Waals surface area contributed by atoms with Gasteiger partial charge in [-0.15, -0.1) is 0 Å². The minimum absolute atomic E-state index is 0.0655. The highest BCUT2D eigenvalue weighted by Crippen LogP contribution is 2.18. The molecule has 0 bridgehead atoms. The molecule has 356 valence electrons. The van der Waals surface area contributed by atoms with E-state index in [0.717, 1.165) is 75.5 Å². The standard InChI is InChI=1S/C54H104O6/c1-7-50(6)42-36-30-26-27-32-38-44-53(56)59-47-51(60-54(57)45-39-33-25-21-20-23-29-35-41-49(4)5)46-58-52(55)43-37-31-24-19-17-15-13-11-9-8-10-12-14-16-18-22-28-34-40-48(2)3/h48-51H,7-47H2,1-6H3/t50?,51-/m1/s1. The average molecular weight is 849 g/mol. The fourth-order valence-electron chi connectivity index (χ4n) is 8.08. The van der Waals surface area contributed by atoms with Gasteiger partial charge in [-0.1, -0.05) is 253 Å². The van der Waals surface area contributed by atoms with Crippen LogP contribution in [0.3, 0.4) is 0 Å². The maximum atomic E-state index is 12.7. The monoisotopic (exact) mass is 849 g/mol. The van der Waals surface area contributed by atoms with Crippen molar-refractivity contribution < 1.29 is 28.6 Å². The minimum atomic E-state index is -0.763. The van der Waals surface area contributed by atoms with Gasteiger partial charge in [0.25, 0.3) is 0 Å². The van der Waals surface area contributed by atoms with Gasteiger partial charge in [0.15, 0.2) is 6.10 Å². The Morgan fingerprint density at radius 2 is 0.583 bits per heavy atom. The lowest BCUT2D eigenvalue weighted by Gasteiger charge is -2.18. The van der Waals surface area contributed by atoms with Crippen LogP contribution in [0, 0.1) is 17.8 Å². The van der Waals surface area contributed by atoms with E-state index in [-0.39, 0.29) is 31.1 Å². The highest BCUT2D eigenvalue weighted by molar-refractivity contribution is 5.71. The molecule has 0 spiro atoms. The summed E-state index contributed by atoms with van der Waals surface area (Å²) in [5, 5.41) is 0. The van der Waals surface area contributed by atoms with Crippen LogP contribution in [0.4, 0.5) is 0 Å². The summed E-state index contributed by atoms with van der Waals surface area (Å²) >= 11 is 0. The van der Waals surface area contributed by atoms with Crippen molar-refractivity contribution in [2.24, 2.45) is 17.8 Å². The number of hydrogen-bond donors (Lipinski definition) is 0.